The molecule has 0 aromatic carbocycles. The summed E-state index contributed by atoms with van der Waals surface area (Å²) in [6, 6.07) is 0.928. The fraction of sp³-hybridized carbons (Fsp3) is 0.929. The highest BCUT2D eigenvalue weighted by Gasteiger charge is 2.55. The lowest BCUT2D eigenvalue weighted by Gasteiger charge is -2.39. The van der Waals surface area contributed by atoms with Crippen molar-refractivity contribution in [3.8, 4) is 0 Å². The maximum absolute atomic E-state index is 12.2. The Kier molecular flexibility index (Phi) is 2.27. The van der Waals surface area contributed by atoms with Gasteiger partial charge in [-0.1, -0.05) is 0 Å². The molecule has 3 nitrogen and oxygen atoms in total. The molecule has 17 heavy (non-hydrogen) atoms. The van der Waals surface area contributed by atoms with Gasteiger partial charge in [-0.3, -0.25) is 0 Å². The molecule has 3 aliphatic rings. The second-order valence-electron chi connectivity index (χ2n) is 7.18. The Balaban J connectivity index is 1.70. The summed E-state index contributed by atoms with van der Waals surface area (Å²) in [7, 11) is 0. The van der Waals surface area contributed by atoms with Crippen LogP contribution >= 0.6 is 0 Å². The van der Waals surface area contributed by atoms with Gasteiger partial charge in [0.1, 0.15) is 5.60 Å². The van der Waals surface area contributed by atoms with Crippen LogP contribution < -0.4 is 0 Å². The van der Waals surface area contributed by atoms with Crippen LogP contribution in [0, 0.1) is 5.41 Å². The average molecular weight is 237 g/mol. The molecule has 0 radical (unpaired) electrons. The summed E-state index contributed by atoms with van der Waals surface area (Å²) in [6.07, 6.45) is 7.52. The van der Waals surface area contributed by atoms with Crippen LogP contribution in [0.25, 0.3) is 0 Å². The normalized spacial score (nSPS) is 33.9. The number of fused-ring (bicyclic) bond motifs is 2. The molecular formula is C14H23NO2. The Morgan fingerprint density at radius 3 is 2.12 bits per heavy atom. The van der Waals surface area contributed by atoms with Gasteiger partial charge in [-0.2, -0.15) is 0 Å². The van der Waals surface area contributed by atoms with Crippen LogP contribution in [-0.4, -0.2) is 28.7 Å². The first-order valence-corrected chi connectivity index (χ1v) is 6.90. The molecule has 0 unspecified atom stereocenters. The van der Waals surface area contributed by atoms with E-state index in [0.717, 1.165) is 0 Å². The van der Waals surface area contributed by atoms with E-state index in [2.05, 4.69) is 4.90 Å². The zero-order valence-electron chi connectivity index (χ0n) is 11.2. The van der Waals surface area contributed by atoms with E-state index in [0.29, 0.717) is 17.5 Å². The maximum atomic E-state index is 12.2. The quantitative estimate of drug-likeness (QED) is 0.646. The van der Waals surface area contributed by atoms with Crippen molar-refractivity contribution in [2.75, 3.05) is 0 Å². The van der Waals surface area contributed by atoms with Crippen molar-refractivity contribution in [2.24, 2.45) is 5.41 Å². The molecule has 1 aliphatic carbocycles. The van der Waals surface area contributed by atoms with E-state index in [-0.39, 0.29) is 11.7 Å². The Labute approximate surface area is 104 Å². The molecule has 2 atom stereocenters. The number of piperidine rings is 1. The van der Waals surface area contributed by atoms with Crippen LogP contribution in [0.15, 0.2) is 0 Å². The summed E-state index contributed by atoms with van der Waals surface area (Å²) in [4.78, 5) is 14.3. The van der Waals surface area contributed by atoms with Crippen molar-refractivity contribution in [2.45, 2.75) is 77.0 Å². The van der Waals surface area contributed by atoms with Crippen molar-refractivity contribution in [3.05, 3.63) is 0 Å². The molecule has 0 N–H and O–H groups in total. The SMILES string of the molecule is CC(C)(C)OC(=O)N1[C@H]2CC[C@H]1CC1(CC1)C2. The first-order chi connectivity index (χ1) is 7.89. The molecule has 0 aromatic rings. The zero-order chi connectivity index (χ0) is 12.3. The third kappa shape index (κ3) is 2.04. The van der Waals surface area contributed by atoms with E-state index in [1.807, 2.05) is 20.8 Å². The van der Waals surface area contributed by atoms with Gasteiger partial charge < -0.3 is 9.64 Å². The van der Waals surface area contributed by atoms with E-state index in [9.17, 15) is 4.79 Å². The van der Waals surface area contributed by atoms with Gasteiger partial charge in [0.05, 0.1) is 0 Å². The lowest BCUT2D eigenvalue weighted by atomic mass is 9.88. The topological polar surface area (TPSA) is 29.5 Å². The Bertz CT molecular complexity index is 325. The van der Waals surface area contributed by atoms with Gasteiger partial charge >= 0.3 is 6.09 Å². The standard InChI is InChI=1S/C14H23NO2/c1-13(2,3)17-12(16)15-10-4-5-11(15)9-14(8-10)6-7-14/h10-11H,4-9H2,1-3H3/t10-,11-/m0/s1. The number of carbonyl (C=O) groups is 1. The Morgan fingerprint density at radius 1 is 1.18 bits per heavy atom. The maximum Gasteiger partial charge on any atom is 0.410 e. The predicted octanol–water partition coefficient (Wildman–Crippen LogP) is 3.33. The Morgan fingerprint density at radius 2 is 1.71 bits per heavy atom. The van der Waals surface area contributed by atoms with Gasteiger partial charge in [0.15, 0.2) is 0 Å². The number of hydrogen-bond acceptors (Lipinski definition) is 2. The molecule has 3 fully saturated rings. The molecule has 2 aliphatic heterocycles. The smallest absolute Gasteiger partial charge is 0.410 e. The molecule has 3 rings (SSSR count). The van der Waals surface area contributed by atoms with Crippen LogP contribution in [0.2, 0.25) is 0 Å². The number of amides is 1. The minimum atomic E-state index is -0.370. The van der Waals surface area contributed by atoms with E-state index in [1.54, 1.807) is 0 Å². The van der Waals surface area contributed by atoms with Gasteiger partial charge in [-0.25, -0.2) is 4.79 Å². The van der Waals surface area contributed by atoms with Crippen molar-refractivity contribution in [1.29, 1.82) is 0 Å². The van der Waals surface area contributed by atoms with Gasteiger partial charge in [0, 0.05) is 12.1 Å². The zero-order valence-corrected chi connectivity index (χ0v) is 11.2. The minimum Gasteiger partial charge on any atom is -0.444 e. The summed E-state index contributed by atoms with van der Waals surface area (Å²) in [5, 5.41) is 0. The molecule has 2 saturated heterocycles. The molecular weight excluding hydrogens is 214 g/mol. The monoisotopic (exact) mass is 237 g/mol. The van der Waals surface area contributed by atoms with Crippen LogP contribution in [-0.2, 0) is 4.74 Å². The Hall–Kier alpha value is -0.730. The molecule has 2 heterocycles. The summed E-state index contributed by atoms with van der Waals surface area (Å²) >= 11 is 0. The lowest BCUT2D eigenvalue weighted by Crippen LogP contribution is -2.49. The second kappa shape index (κ2) is 3.39. The number of nitrogens with zero attached hydrogens (tertiary/aromatic N) is 1. The van der Waals surface area contributed by atoms with E-state index < -0.39 is 0 Å². The first-order valence-electron chi connectivity index (χ1n) is 6.90. The largest absolute Gasteiger partial charge is 0.444 e. The summed E-state index contributed by atoms with van der Waals surface area (Å²) < 4.78 is 5.53. The highest BCUT2D eigenvalue weighted by molar-refractivity contribution is 5.69. The molecule has 0 aromatic heterocycles. The van der Waals surface area contributed by atoms with Gasteiger partial charge in [0.2, 0.25) is 0 Å². The third-order valence-electron chi connectivity index (χ3n) is 4.52. The van der Waals surface area contributed by atoms with Crippen LogP contribution in [0.3, 0.4) is 0 Å². The number of rotatable bonds is 0. The minimum absolute atomic E-state index is 0.0829. The number of ether oxygens (including phenoxy) is 1. The first kappa shape index (κ1) is 11.4. The second-order valence-corrected chi connectivity index (χ2v) is 7.18. The van der Waals surface area contributed by atoms with Crippen molar-refractivity contribution < 1.29 is 9.53 Å². The van der Waals surface area contributed by atoms with Crippen LogP contribution in [0.5, 0.6) is 0 Å². The van der Waals surface area contributed by atoms with Gasteiger partial charge in [0.25, 0.3) is 0 Å². The van der Waals surface area contributed by atoms with E-state index in [4.69, 9.17) is 4.74 Å². The van der Waals surface area contributed by atoms with Crippen molar-refractivity contribution >= 4 is 6.09 Å². The average Bonchev–Trinajstić information content (AvgIpc) is 2.84. The fourth-order valence-electron chi connectivity index (χ4n) is 3.64. The van der Waals surface area contributed by atoms with Crippen LogP contribution in [0.1, 0.15) is 59.3 Å². The number of hydrogen-bond donors (Lipinski definition) is 0. The summed E-state index contributed by atoms with van der Waals surface area (Å²) in [6.45, 7) is 5.83. The van der Waals surface area contributed by atoms with Crippen molar-refractivity contribution in [3.63, 3.8) is 0 Å². The number of carbonyl (C=O) groups excluding carboxylic acids is 1. The molecule has 2 bridgehead atoms. The molecule has 96 valence electrons. The molecule has 1 amide bonds. The van der Waals surface area contributed by atoms with Gasteiger partial charge in [-0.05, 0) is 64.7 Å². The predicted molar refractivity (Wildman–Crippen MR) is 65.8 cm³/mol. The highest BCUT2D eigenvalue weighted by atomic mass is 16.6. The highest BCUT2D eigenvalue weighted by Crippen LogP contribution is 2.59. The van der Waals surface area contributed by atoms with Crippen LogP contribution in [0.4, 0.5) is 4.79 Å². The molecule has 1 saturated carbocycles. The van der Waals surface area contributed by atoms with E-state index in [1.165, 1.54) is 38.5 Å². The molecule has 3 heteroatoms. The summed E-state index contributed by atoms with van der Waals surface area (Å²) in [5.74, 6) is 0. The summed E-state index contributed by atoms with van der Waals surface area (Å²) in [5.41, 5.74) is 0.260. The van der Waals surface area contributed by atoms with Gasteiger partial charge in [-0.15, -0.1) is 0 Å². The third-order valence-corrected chi connectivity index (χ3v) is 4.52. The lowest BCUT2D eigenvalue weighted by molar-refractivity contribution is 0.000147. The molecule has 1 spiro atoms. The van der Waals surface area contributed by atoms with E-state index >= 15 is 0 Å². The van der Waals surface area contributed by atoms with Crippen molar-refractivity contribution in [1.82, 2.24) is 4.90 Å². The fourth-order valence-corrected chi connectivity index (χ4v) is 3.64.